The summed E-state index contributed by atoms with van der Waals surface area (Å²) in [7, 11) is 0. The predicted molar refractivity (Wildman–Crippen MR) is 122 cm³/mol. The Balaban J connectivity index is 0.00000450. The number of non-ortho nitro benzene ring substituents is 1. The fourth-order valence-electron chi connectivity index (χ4n) is 3.00. The molecule has 0 aliphatic carbocycles. The zero-order valence-electron chi connectivity index (χ0n) is 17.7. The van der Waals surface area contributed by atoms with E-state index < -0.39 is 10.9 Å². The molecule has 6 nitrogen and oxygen atoms in total. The lowest BCUT2D eigenvalue weighted by Gasteiger charge is -2.22. The van der Waals surface area contributed by atoms with Crippen LogP contribution in [0.25, 0.3) is 0 Å². The SMILES string of the molecule is CCCCN(CCCC)CCc1ccc(OC(=O)c2ccc([N+](=O)[O-])cc2)cc1.Cl. The van der Waals surface area contributed by atoms with Gasteiger partial charge in [-0.3, -0.25) is 10.1 Å². The van der Waals surface area contributed by atoms with Crippen molar-refractivity contribution in [2.24, 2.45) is 0 Å². The van der Waals surface area contributed by atoms with Gasteiger partial charge in [0.2, 0.25) is 0 Å². The van der Waals surface area contributed by atoms with E-state index in [9.17, 15) is 14.9 Å². The Morgan fingerprint density at radius 2 is 1.50 bits per heavy atom. The van der Waals surface area contributed by atoms with Crippen molar-refractivity contribution in [3.05, 3.63) is 69.8 Å². The van der Waals surface area contributed by atoms with Crippen molar-refractivity contribution in [1.82, 2.24) is 4.90 Å². The zero-order chi connectivity index (χ0) is 21.1. The Morgan fingerprint density at radius 3 is 2.00 bits per heavy atom. The summed E-state index contributed by atoms with van der Waals surface area (Å²) in [4.78, 5) is 24.9. The predicted octanol–water partition coefficient (Wildman–Crippen LogP) is 5.68. The van der Waals surface area contributed by atoms with Gasteiger partial charge in [0.25, 0.3) is 5.69 Å². The quantitative estimate of drug-likeness (QED) is 0.186. The van der Waals surface area contributed by atoms with Gasteiger partial charge in [-0.05, 0) is 62.2 Å². The van der Waals surface area contributed by atoms with E-state index in [1.165, 1.54) is 55.5 Å². The average molecular weight is 435 g/mol. The first-order valence-electron chi connectivity index (χ1n) is 10.3. The summed E-state index contributed by atoms with van der Waals surface area (Å²) in [5.74, 6) is -0.0659. The van der Waals surface area contributed by atoms with Gasteiger partial charge >= 0.3 is 5.97 Å². The molecule has 0 saturated heterocycles. The summed E-state index contributed by atoms with van der Waals surface area (Å²) < 4.78 is 5.37. The Kier molecular flexibility index (Phi) is 11.7. The summed E-state index contributed by atoms with van der Waals surface area (Å²) in [5.41, 5.74) is 1.43. The molecule has 0 heterocycles. The van der Waals surface area contributed by atoms with E-state index in [-0.39, 0.29) is 23.7 Å². The molecule has 0 unspecified atom stereocenters. The highest BCUT2D eigenvalue weighted by molar-refractivity contribution is 5.91. The molecule has 0 N–H and O–H groups in total. The topological polar surface area (TPSA) is 72.7 Å². The summed E-state index contributed by atoms with van der Waals surface area (Å²) >= 11 is 0. The van der Waals surface area contributed by atoms with Crippen LogP contribution in [0.5, 0.6) is 5.75 Å². The van der Waals surface area contributed by atoms with Crippen LogP contribution in [0.4, 0.5) is 5.69 Å². The molecule has 0 radical (unpaired) electrons. The molecular formula is C23H31ClN2O4. The van der Waals surface area contributed by atoms with Crippen LogP contribution in [0.1, 0.15) is 55.5 Å². The van der Waals surface area contributed by atoms with E-state index in [2.05, 4.69) is 18.7 Å². The third-order valence-electron chi connectivity index (χ3n) is 4.82. The number of nitro benzene ring substituents is 1. The first-order chi connectivity index (χ1) is 14.0. The van der Waals surface area contributed by atoms with Crippen molar-refractivity contribution < 1.29 is 14.5 Å². The number of esters is 1. The molecule has 0 fully saturated rings. The zero-order valence-corrected chi connectivity index (χ0v) is 18.5. The van der Waals surface area contributed by atoms with E-state index in [1.807, 2.05) is 12.1 Å². The molecule has 2 aromatic carbocycles. The van der Waals surface area contributed by atoms with Crippen LogP contribution in [0.3, 0.4) is 0 Å². The van der Waals surface area contributed by atoms with Crippen LogP contribution in [0.2, 0.25) is 0 Å². The highest BCUT2D eigenvalue weighted by atomic mass is 35.5. The minimum atomic E-state index is -0.530. The maximum atomic E-state index is 12.2. The molecule has 30 heavy (non-hydrogen) atoms. The van der Waals surface area contributed by atoms with Gasteiger partial charge in [0.05, 0.1) is 10.5 Å². The number of nitro groups is 1. The normalized spacial score (nSPS) is 10.5. The van der Waals surface area contributed by atoms with E-state index in [4.69, 9.17) is 4.74 Å². The van der Waals surface area contributed by atoms with Gasteiger partial charge in [-0.25, -0.2) is 4.79 Å². The van der Waals surface area contributed by atoms with E-state index in [0.717, 1.165) is 26.1 Å². The van der Waals surface area contributed by atoms with Crippen LogP contribution in [-0.2, 0) is 6.42 Å². The number of benzene rings is 2. The molecule has 0 aliphatic heterocycles. The smallest absolute Gasteiger partial charge is 0.343 e. The number of hydrogen-bond acceptors (Lipinski definition) is 5. The fourth-order valence-corrected chi connectivity index (χ4v) is 3.00. The van der Waals surface area contributed by atoms with Crippen molar-refractivity contribution in [3.63, 3.8) is 0 Å². The van der Waals surface area contributed by atoms with Crippen molar-refractivity contribution in [2.75, 3.05) is 19.6 Å². The Morgan fingerprint density at radius 1 is 0.933 bits per heavy atom. The molecule has 0 amide bonds. The molecule has 0 spiro atoms. The monoisotopic (exact) mass is 434 g/mol. The molecule has 0 bridgehead atoms. The molecule has 7 heteroatoms. The number of carbonyl (C=O) groups is 1. The first-order valence-corrected chi connectivity index (χ1v) is 10.3. The van der Waals surface area contributed by atoms with Gasteiger partial charge < -0.3 is 9.64 Å². The van der Waals surface area contributed by atoms with Crippen molar-refractivity contribution in [2.45, 2.75) is 46.0 Å². The maximum absolute atomic E-state index is 12.2. The third-order valence-corrected chi connectivity index (χ3v) is 4.82. The molecule has 0 aliphatic rings. The van der Waals surface area contributed by atoms with Gasteiger partial charge in [-0.1, -0.05) is 38.8 Å². The van der Waals surface area contributed by atoms with Gasteiger partial charge in [-0.2, -0.15) is 0 Å². The second-order valence-corrected chi connectivity index (χ2v) is 7.14. The Hall–Kier alpha value is -2.44. The summed E-state index contributed by atoms with van der Waals surface area (Å²) in [6, 6.07) is 12.9. The maximum Gasteiger partial charge on any atom is 0.343 e. The van der Waals surface area contributed by atoms with Gasteiger partial charge in [0, 0.05) is 18.7 Å². The van der Waals surface area contributed by atoms with Crippen LogP contribution in [0.15, 0.2) is 48.5 Å². The molecule has 164 valence electrons. The van der Waals surface area contributed by atoms with E-state index in [0.29, 0.717) is 5.75 Å². The number of halogens is 1. The lowest BCUT2D eigenvalue weighted by atomic mass is 10.1. The number of rotatable bonds is 12. The highest BCUT2D eigenvalue weighted by Gasteiger charge is 2.12. The van der Waals surface area contributed by atoms with Gasteiger partial charge in [-0.15, -0.1) is 12.4 Å². The largest absolute Gasteiger partial charge is 0.423 e. The van der Waals surface area contributed by atoms with Crippen molar-refractivity contribution in [3.8, 4) is 5.75 Å². The second kappa shape index (κ2) is 13.7. The molecule has 0 atom stereocenters. The number of ether oxygens (including phenoxy) is 1. The standard InChI is InChI=1S/C23H30N2O4.ClH/c1-3-5-16-24(17-6-4-2)18-15-19-7-13-22(14-8-19)29-23(26)20-9-11-21(12-10-20)25(27)28;/h7-14H,3-6,15-18H2,1-2H3;1H. The fraction of sp³-hybridized carbons (Fsp3) is 0.435. The third kappa shape index (κ3) is 8.51. The molecule has 2 aromatic rings. The summed E-state index contributed by atoms with van der Waals surface area (Å²) in [6.07, 6.45) is 5.82. The average Bonchev–Trinajstić information content (AvgIpc) is 2.74. The van der Waals surface area contributed by atoms with Crippen LogP contribution in [0, 0.1) is 10.1 Å². The van der Waals surface area contributed by atoms with Crippen molar-refractivity contribution >= 4 is 24.1 Å². The lowest BCUT2D eigenvalue weighted by molar-refractivity contribution is -0.384. The van der Waals surface area contributed by atoms with Gasteiger partial charge in [0.15, 0.2) is 0 Å². The number of hydrogen-bond donors (Lipinski definition) is 0. The minimum absolute atomic E-state index is 0. The highest BCUT2D eigenvalue weighted by Crippen LogP contribution is 2.17. The summed E-state index contributed by atoms with van der Waals surface area (Å²) in [5, 5.41) is 10.7. The van der Waals surface area contributed by atoms with Crippen LogP contribution >= 0.6 is 12.4 Å². The molecule has 0 aromatic heterocycles. The van der Waals surface area contributed by atoms with Crippen LogP contribution in [-0.4, -0.2) is 35.4 Å². The summed E-state index contributed by atoms with van der Waals surface area (Å²) in [6.45, 7) is 7.74. The minimum Gasteiger partial charge on any atom is -0.423 e. The Labute approximate surface area is 184 Å². The first kappa shape index (κ1) is 25.6. The molecule has 0 saturated carbocycles. The van der Waals surface area contributed by atoms with Crippen LogP contribution < -0.4 is 4.74 Å². The molecule has 2 rings (SSSR count). The van der Waals surface area contributed by atoms with Crippen molar-refractivity contribution in [1.29, 1.82) is 0 Å². The second-order valence-electron chi connectivity index (χ2n) is 7.14. The van der Waals surface area contributed by atoms with E-state index >= 15 is 0 Å². The molecular weight excluding hydrogens is 404 g/mol. The van der Waals surface area contributed by atoms with Gasteiger partial charge in [0.1, 0.15) is 5.75 Å². The number of unbranched alkanes of at least 4 members (excludes halogenated alkanes) is 2. The van der Waals surface area contributed by atoms with E-state index in [1.54, 1.807) is 12.1 Å². The Bertz CT molecular complexity index is 771. The number of nitrogens with zero attached hydrogens (tertiary/aromatic N) is 2. The lowest BCUT2D eigenvalue weighted by Crippen LogP contribution is -2.28. The number of carbonyl (C=O) groups excluding carboxylic acids is 1.